The molecule has 0 heterocycles. The molecule has 0 atom stereocenters. The molecule has 0 saturated carbocycles. The molecule has 120 valence electrons. The molecule has 0 amide bonds. The molecule has 0 bridgehead atoms. The van der Waals surface area contributed by atoms with Gasteiger partial charge in [-0.1, -0.05) is 15.9 Å². The zero-order chi connectivity index (χ0) is 16.7. The van der Waals surface area contributed by atoms with E-state index in [1.807, 2.05) is 24.3 Å². The third kappa shape index (κ3) is 5.10. The van der Waals surface area contributed by atoms with Crippen LogP contribution in [0.1, 0.15) is 20.7 Å². The van der Waals surface area contributed by atoms with Gasteiger partial charge in [0.2, 0.25) is 0 Å². The topological polar surface area (TPSA) is 61.8 Å². The average Bonchev–Trinajstić information content (AvgIpc) is 2.59. The van der Waals surface area contributed by atoms with E-state index in [1.54, 1.807) is 0 Å². The molecule has 2 aromatic rings. The number of hydrogen-bond donors (Lipinski definition) is 0. The molecule has 0 aliphatic carbocycles. The van der Waals surface area contributed by atoms with E-state index in [-0.39, 0.29) is 13.2 Å². The molecule has 0 aliphatic rings. The third-order valence-electron chi connectivity index (χ3n) is 2.94. The summed E-state index contributed by atoms with van der Waals surface area (Å²) in [5.41, 5.74) is 0.740. The molecule has 0 saturated heterocycles. The highest BCUT2D eigenvalue weighted by atomic mass is 79.9. The van der Waals surface area contributed by atoms with Crippen molar-refractivity contribution in [2.24, 2.45) is 0 Å². The van der Waals surface area contributed by atoms with E-state index in [1.165, 1.54) is 31.4 Å². The highest BCUT2D eigenvalue weighted by molar-refractivity contribution is 9.10. The first-order chi connectivity index (χ1) is 11.1. The number of esters is 2. The highest BCUT2D eigenvalue weighted by Gasteiger charge is 2.10. The number of halogens is 1. The molecule has 2 aromatic carbocycles. The molecular formula is C17H15BrO5. The van der Waals surface area contributed by atoms with Gasteiger partial charge in [-0.2, -0.15) is 0 Å². The second kappa shape index (κ2) is 8.33. The maximum Gasteiger partial charge on any atom is 0.338 e. The van der Waals surface area contributed by atoms with Gasteiger partial charge in [-0.25, -0.2) is 9.59 Å². The molecule has 6 heteroatoms. The van der Waals surface area contributed by atoms with Crippen molar-refractivity contribution in [1.29, 1.82) is 0 Å². The van der Waals surface area contributed by atoms with Gasteiger partial charge in [-0.15, -0.1) is 0 Å². The second-order valence-corrected chi connectivity index (χ2v) is 5.42. The fourth-order valence-corrected chi connectivity index (χ4v) is 2.03. The summed E-state index contributed by atoms with van der Waals surface area (Å²) < 4.78 is 16.1. The van der Waals surface area contributed by atoms with Crippen LogP contribution in [-0.4, -0.2) is 32.3 Å². The van der Waals surface area contributed by atoms with E-state index >= 15 is 0 Å². The summed E-state index contributed by atoms with van der Waals surface area (Å²) in [6.07, 6.45) is 0. The number of methoxy groups -OCH3 is 1. The second-order valence-electron chi connectivity index (χ2n) is 4.51. The summed E-state index contributed by atoms with van der Waals surface area (Å²) in [4.78, 5) is 23.2. The fraction of sp³-hybridized carbons (Fsp3) is 0.176. The van der Waals surface area contributed by atoms with Crippen LogP contribution < -0.4 is 4.74 Å². The maximum absolute atomic E-state index is 11.9. The summed E-state index contributed by atoms with van der Waals surface area (Å²) in [6, 6.07) is 13.4. The van der Waals surface area contributed by atoms with Gasteiger partial charge in [0.05, 0.1) is 18.2 Å². The molecule has 2 rings (SSSR count). The summed E-state index contributed by atoms with van der Waals surface area (Å²) >= 11 is 3.34. The standard InChI is InChI=1S/C17H15BrO5/c1-21-16(19)12-2-4-13(5-3-12)17(20)23-11-10-22-15-8-6-14(18)7-9-15/h2-9H,10-11H2,1H3. The van der Waals surface area contributed by atoms with E-state index in [4.69, 9.17) is 9.47 Å². The average molecular weight is 379 g/mol. The van der Waals surface area contributed by atoms with Crippen LogP contribution in [0.4, 0.5) is 0 Å². The minimum atomic E-state index is -0.471. The van der Waals surface area contributed by atoms with Gasteiger partial charge in [-0.05, 0) is 48.5 Å². The Hall–Kier alpha value is -2.34. The van der Waals surface area contributed by atoms with Crippen LogP contribution in [0.5, 0.6) is 5.75 Å². The first-order valence-electron chi connectivity index (χ1n) is 6.84. The van der Waals surface area contributed by atoms with Gasteiger partial charge in [0, 0.05) is 4.47 Å². The van der Waals surface area contributed by atoms with Crippen LogP contribution in [0.25, 0.3) is 0 Å². The summed E-state index contributed by atoms with van der Waals surface area (Å²) in [5.74, 6) is -0.222. The molecule has 23 heavy (non-hydrogen) atoms. The van der Waals surface area contributed by atoms with Gasteiger partial charge in [-0.3, -0.25) is 0 Å². The van der Waals surface area contributed by atoms with E-state index < -0.39 is 11.9 Å². The van der Waals surface area contributed by atoms with Crippen LogP contribution in [-0.2, 0) is 9.47 Å². The Balaban J connectivity index is 1.78. The van der Waals surface area contributed by atoms with E-state index in [0.717, 1.165) is 4.47 Å². The Labute approximate surface area is 142 Å². The van der Waals surface area contributed by atoms with Crippen LogP contribution in [0.15, 0.2) is 53.0 Å². The Bertz CT molecular complexity index is 664. The maximum atomic E-state index is 11.9. The molecule has 5 nitrogen and oxygen atoms in total. The van der Waals surface area contributed by atoms with E-state index in [2.05, 4.69) is 20.7 Å². The lowest BCUT2D eigenvalue weighted by Crippen LogP contribution is -2.12. The largest absolute Gasteiger partial charge is 0.490 e. The summed E-state index contributed by atoms with van der Waals surface area (Å²) in [6.45, 7) is 0.390. The van der Waals surface area contributed by atoms with Crippen LogP contribution >= 0.6 is 15.9 Å². The minimum Gasteiger partial charge on any atom is -0.490 e. The predicted molar refractivity (Wildman–Crippen MR) is 87.7 cm³/mol. The first kappa shape index (κ1) is 17.0. The minimum absolute atomic E-state index is 0.133. The van der Waals surface area contributed by atoms with Crippen molar-refractivity contribution in [3.8, 4) is 5.75 Å². The molecule has 0 N–H and O–H groups in total. The first-order valence-corrected chi connectivity index (χ1v) is 7.63. The Morgan fingerprint density at radius 3 is 2.00 bits per heavy atom. The number of hydrogen-bond acceptors (Lipinski definition) is 5. The van der Waals surface area contributed by atoms with E-state index in [9.17, 15) is 9.59 Å². The third-order valence-corrected chi connectivity index (χ3v) is 3.47. The zero-order valence-corrected chi connectivity index (χ0v) is 14.0. The normalized spacial score (nSPS) is 10.0. The quantitative estimate of drug-likeness (QED) is 0.568. The number of rotatable bonds is 6. The Morgan fingerprint density at radius 2 is 1.43 bits per heavy atom. The van der Waals surface area contributed by atoms with Gasteiger partial charge >= 0.3 is 11.9 Å². The van der Waals surface area contributed by atoms with Gasteiger partial charge in [0.15, 0.2) is 0 Å². The SMILES string of the molecule is COC(=O)c1ccc(C(=O)OCCOc2ccc(Br)cc2)cc1. The van der Waals surface area contributed by atoms with Gasteiger partial charge in [0.25, 0.3) is 0 Å². The Morgan fingerprint density at radius 1 is 0.870 bits per heavy atom. The van der Waals surface area contributed by atoms with Crippen LogP contribution in [0.3, 0.4) is 0 Å². The van der Waals surface area contributed by atoms with Crippen molar-refractivity contribution < 1.29 is 23.8 Å². The number of carbonyl (C=O) groups is 2. The van der Waals surface area contributed by atoms with Crippen molar-refractivity contribution in [3.63, 3.8) is 0 Å². The lowest BCUT2D eigenvalue weighted by atomic mass is 10.1. The number of benzene rings is 2. The van der Waals surface area contributed by atoms with Crippen LogP contribution in [0.2, 0.25) is 0 Å². The van der Waals surface area contributed by atoms with Crippen molar-refractivity contribution in [3.05, 3.63) is 64.1 Å². The number of ether oxygens (including phenoxy) is 3. The zero-order valence-electron chi connectivity index (χ0n) is 12.5. The van der Waals surface area contributed by atoms with Crippen LogP contribution in [0, 0.1) is 0 Å². The van der Waals surface area contributed by atoms with Gasteiger partial charge in [0.1, 0.15) is 19.0 Å². The molecule has 0 spiro atoms. The van der Waals surface area contributed by atoms with E-state index in [0.29, 0.717) is 16.9 Å². The predicted octanol–water partition coefficient (Wildman–Crippen LogP) is 3.47. The highest BCUT2D eigenvalue weighted by Crippen LogP contribution is 2.16. The van der Waals surface area contributed by atoms with Crippen molar-refractivity contribution in [2.75, 3.05) is 20.3 Å². The smallest absolute Gasteiger partial charge is 0.338 e. The van der Waals surface area contributed by atoms with Crippen molar-refractivity contribution in [1.82, 2.24) is 0 Å². The molecule has 0 radical (unpaired) electrons. The van der Waals surface area contributed by atoms with Crippen molar-refractivity contribution >= 4 is 27.9 Å². The number of carbonyl (C=O) groups excluding carboxylic acids is 2. The molecule has 0 aliphatic heterocycles. The molecule has 0 aromatic heterocycles. The van der Waals surface area contributed by atoms with Crippen molar-refractivity contribution in [2.45, 2.75) is 0 Å². The lowest BCUT2D eigenvalue weighted by Gasteiger charge is -2.08. The molecule has 0 unspecified atom stereocenters. The summed E-state index contributed by atoms with van der Waals surface area (Å²) in [5, 5.41) is 0. The lowest BCUT2D eigenvalue weighted by molar-refractivity contribution is 0.0449. The molecular weight excluding hydrogens is 364 g/mol. The van der Waals surface area contributed by atoms with Gasteiger partial charge < -0.3 is 14.2 Å². The monoisotopic (exact) mass is 378 g/mol. The summed E-state index contributed by atoms with van der Waals surface area (Å²) in [7, 11) is 1.30. The Kier molecular flexibility index (Phi) is 6.17. The fourth-order valence-electron chi connectivity index (χ4n) is 1.77. The molecule has 0 fully saturated rings.